The highest BCUT2D eigenvalue weighted by Crippen LogP contribution is 2.16. The predicted molar refractivity (Wildman–Crippen MR) is 96.1 cm³/mol. The second-order valence-electron chi connectivity index (χ2n) is 5.62. The Balaban J connectivity index is 2.82. The molecule has 0 amide bonds. The van der Waals surface area contributed by atoms with Crippen molar-refractivity contribution in [1.29, 1.82) is 0 Å². The molecule has 1 aromatic carbocycles. The predicted octanol–water partition coefficient (Wildman–Crippen LogP) is 5.45. The molecular formula is C20H27N. The molecule has 0 fully saturated rings. The molecule has 0 saturated carbocycles. The normalized spacial score (nSPS) is 12.1. The van der Waals surface area contributed by atoms with Crippen LogP contribution in [0, 0.1) is 6.92 Å². The van der Waals surface area contributed by atoms with Gasteiger partial charge in [-0.1, -0.05) is 48.1 Å². The molecule has 1 nitrogen and oxygen atoms in total. The maximum Gasteiger partial charge on any atom is 0.0464 e. The minimum Gasteiger partial charge on any atom is -0.374 e. The van der Waals surface area contributed by atoms with Crippen LogP contribution in [-0.4, -0.2) is 18.0 Å². The summed E-state index contributed by atoms with van der Waals surface area (Å²) in [7, 11) is 2.09. The van der Waals surface area contributed by atoms with Crippen molar-refractivity contribution >= 4 is 12.2 Å². The van der Waals surface area contributed by atoms with Gasteiger partial charge in [-0.25, -0.2) is 0 Å². The minimum atomic E-state index is 0.329. The van der Waals surface area contributed by atoms with Crippen molar-refractivity contribution in [3.05, 3.63) is 72.5 Å². The fourth-order valence-electron chi connectivity index (χ4n) is 2.21. The first-order valence-electron chi connectivity index (χ1n) is 7.38. The third-order valence-corrected chi connectivity index (χ3v) is 3.61. The van der Waals surface area contributed by atoms with Crippen LogP contribution >= 0.6 is 0 Å². The van der Waals surface area contributed by atoms with Crippen LogP contribution in [0.25, 0.3) is 12.2 Å². The van der Waals surface area contributed by atoms with Gasteiger partial charge >= 0.3 is 0 Å². The zero-order valence-electron chi connectivity index (χ0n) is 13.6. The van der Waals surface area contributed by atoms with Crippen LogP contribution in [0.3, 0.4) is 0 Å². The molecule has 1 aromatic rings. The maximum absolute atomic E-state index is 3.96. The van der Waals surface area contributed by atoms with E-state index < -0.39 is 0 Å². The van der Waals surface area contributed by atoms with Crippen molar-refractivity contribution in [3.63, 3.8) is 0 Å². The summed E-state index contributed by atoms with van der Waals surface area (Å²) in [5.41, 5.74) is 4.82. The van der Waals surface area contributed by atoms with Crippen molar-refractivity contribution in [2.24, 2.45) is 0 Å². The van der Waals surface area contributed by atoms with E-state index in [1.807, 2.05) is 12.2 Å². The van der Waals surface area contributed by atoms with Gasteiger partial charge in [-0.05, 0) is 50.1 Å². The fourth-order valence-corrected chi connectivity index (χ4v) is 2.21. The zero-order valence-corrected chi connectivity index (χ0v) is 13.6. The summed E-state index contributed by atoms with van der Waals surface area (Å²) in [6.07, 6.45) is 10.2. The van der Waals surface area contributed by atoms with E-state index in [1.165, 1.54) is 16.7 Å². The number of hydrogen-bond acceptors (Lipinski definition) is 1. The number of nitrogens with zero attached hydrogens (tertiary/aromatic N) is 1. The molecule has 0 aliphatic rings. The van der Waals surface area contributed by atoms with Gasteiger partial charge in [-0.2, -0.15) is 0 Å². The Labute approximate surface area is 130 Å². The molecule has 0 bridgehead atoms. The number of aryl methyl sites for hydroxylation is 1. The monoisotopic (exact) mass is 281 g/mol. The van der Waals surface area contributed by atoms with E-state index >= 15 is 0 Å². The van der Waals surface area contributed by atoms with Crippen LogP contribution in [-0.2, 0) is 0 Å². The lowest BCUT2D eigenvalue weighted by molar-refractivity contribution is 0.368. The summed E-state index contributed by atoms with van der Waals surface area (Å²) in [4.78, 5) is 2.20. The first-order valence-corrected chi connectivity index (χ1v) is 7.38. The highest BCUT2D eigenvalue weighted by Gasteiger charge is 2.07. The summed E-state index contributed by atoms with van der Waals surface area (Å²) in [5.74, 6) is 0. The first-order chi connectivity index (χ1) is 9.97. The van der Waals surface area contributed by atoms with Gasteiger partial charge in [0.2, 0.25) is 0 Å². The van der Waals surface area contributed by atoms with E-state index in [1.54, 1.807) is 0 Å². The summed E-state index contributed by atoms with van der Waals surface area (Å²) in [6.45, 7) is 16.0. The molecule has 0 saturated heterocycles. The lowest BCUT2D eigenvalue weighted by Crippen LogP contribution is -2.24. The maximum atomic E-state index is 3.96. The van der Waals surface area contributed by atoms with Crippen molar-refractivity contribution < 1.29 is 0 Å². The molecule has 0 aliphatic heterocycles. The van der Waals surface area contributed by atoms with Crippen molar-refractivity contribution in [3.8, 4) is 0 Å². The fraction of sp³-hybridized carbons (Fsp3) is 0.300. The van der Waals surface area contributed by atoms with Crippen LogP contribution in [0.2, 0.25) is 0 Å². The van der Waals surface area contributed by atoms with E-state index in [9.17, 15) is 0 Å². The van der Waals surface area contributed by atoms with E-state index in [0.717, 1.165) is 18.4 Å². The highest BCUT2D eigenvalue weighted by molar-refractivity contribution is 5.64. The molecule has 1 heteroatoms. The quantitative estimate of drug-likeness (QED) is 0.573. The molecule has 1 atom stereocenters. The third-order valence-electron chi connectivity index (χ3n) is 3.61. The van der Waals surface area contributed by atoms with Gasteiger partial charge < -0.3 is 4.90 Å². The molecule has 0 aliphatic carbocycles. The summed E-state index contributed by atoms with van der Waals surface area (Å²) in [5, 5.41) is 0. The van der Waals surface area contributed by atoms with Crippen LogP contribution in [0.15, 0.2) is 55.8 Å². The number of likely N-dealkylation sites (N-methyl/N-ethyl adjacent to an activating group) is 1. The number of benzene rings is 1. The number of allylic oxidation sites excluding steroid dienone is 1. The average molecular weight is 281 g/mol. The van der Waals surface area contributed by atoms with Gasteiger partial charge in [0, 0.05) is 13.1 Å². The Morgan fingerprint density at radius 3 is 2.57 bits per heavy atom. The topological polar surface area (TPSA) is 3.24 Å². The lowest BCUT2D eigenvalue weighted by atomic mass is 10.0. The number of rotatable bonds is 8. The third kappa shape index (κ3) is 5.47. The molecule has 112 valence electrons. The van der Waals surface area contributed by atoms with Gasteiger partial charge in [0.25, 0.3) is 0 Å². The standard InChI is InChI=1S/C20H27N/c1-7-18-11-10-17(5)15-19(18)13-14-21(6)20(8-2)12-9-16(3)4/h7-8,10-11,13-15,20H,1-3,9,12H2,4-6H3/b14-13-. The van der Waals surface area contributed by atoms with Crippen molar-refractivity contribution in [2.75, 3.05) is 7.05 Å². The zero-order chi connectivity index (χ0) is 15.8. The molecule has 0 spiro atoms. The molecule has 0 heterocycles. The van der Waals surface area contributed by atoms with Gasteiger partial charge in [0.15, 0.2) is 0 Å². The summed E-state index contributed by atoms with van der Waals surface area (Å²) < 4.78 is 0. The summed E-state index contributed by atoms with van der Waals surface area (Å²) >= 11 is 0. The molecular weight excluding hydrogens is 254 g/mol. The van der Waals surface area contributed by atoms with Crippen LogP contribution in [0.4, 0.5) is 0 Å². The highest BCUT2D eigenvalue weighted by atomic mass is 15.1. The average Bonchev–Trinajstić information content (AvgIpc) is 2.45. The molecule has 1 rings (SSSR count). The van der Waals surface area contributed by atoms with Crippen molar-refractivity contribution in [2.45, 2.75) is 32.7 Å². The van der Waals surface area contributed by atoms with Gasteiger partial charge in [0.05, 0.1) is 0 Å². The Morgan fingerprint density at radius 2 is 2.00 bits per heavy atom. The largest absolute Gasteiger partial charge is 0.374 e. The van der Waals surface area contributed by atoms with Crippen molar-refractivity contribution in [1.82, 2.24) is 4.90 Å². The Bertz CT molecular complexity index is 537. The van der Waals surface area contributed by atoms with E-state index in [4.69, 9.17) is 0 Å². The van der Waals surface area contributed by atoms with E-state index in [2.05, 4.69) is 76.0 Å². The van der Waals surface area contributed by atoms with E-state index in [-0.39, 0.29) is 0 Å². The van der Waals surface area contributed by atoms with Gasteiger partial charge in [-0.3, -0.25) is 0 Å². The first kappa shape index (κ1) is 17.0. The Hall–Kier alpha value is -2.02. The Kier molecular flexibility index (Phi) is 6.74. The second kappa shape index (κ2) is 8.31. The van der Waals surface area contributed by atoms with Gasteiger partial charge in [-0.15, -0.1) is 13.2 Å². The Morgan fingerprint density at radius 1 is 1.29 bits per heavy atom. The molecule has 0 radical (unpaired) electrons. The smallest absolute Gasteiger partial charge is 0.0464 e. The SMILES string of the molecule is C=Cc1ccc(C)cc1/C=C\N(C)C(C=C)CCC(=C)C. The second-order valence-corrected chi connectivity index (χ2v) is 5.62. The molecule has 0 aromatic heterocycles. The van der Waals surface area contributed by atoms with Crippen LogP contribution in [0.1, 0.15) is 36.5 Å². The lowest BCUT2D eigenvalue weighted by Gasteiger charge is -2.24. The van der Waals surface area contributed by atoms with Crippen LogP contribution in [0.5, 0.6) is 0 Å². The molecule has 1 unspecified atom stereocenters. The van der Waals surface area contributed by atoms with Gasteiger partial charge in [0.1, 0.15) is 0 Å². The summed E-state index contributed by atoms with van der Waals surface area (Å²) in [6, 6.07) is 6.72. The molecule has 21 heavy (non-hydrogen) atoms. The van der Waals surface area contributed by atoms with Crippen LogP contribution < -0.4 is 0 Å². The minimum absolute atomic E-state index is 0.329. The molecule has 0 N–H and O–H groups in total. The van der Waals surface area contributed by atoms with E-state index in [0.29, 0.717) is 6.04 Å². The number of hydrogen-bond donors (Lipinski definition) is 0.